The zero-order chi connectivity index (χ0) is 20.4. The lowest BCUT2D eigenvalue weighted by Crippen LogP contribution is -2.56. The van der Waals surface area contributed by atoms with Gasteiger partial charge >= 0.3 is 5.97 Å². The molecule has 0 aromatic carbocycles. The Morgan fingerprint density at radius 2 is 1.86 bits per heavy atom. The van der Waals surface area contributed by atoms with Gasteiger partial charge in [-0.15, -0.1) is 0 Å². The van der Waals surface area contributed by atoms with Crippen molar-refractivity contribution in [3.05, 3.63) is 17.9 Å². The van der Waals surface area contributed by atoms with Gasteiger partial charge in [-0.3, -0.25) is 4.79 Å². The fraction of sp³-hybridized carbons (Fsp3) is 0.667. The van der Waals surface area contributed by atoms with Crippen LogP contribution in [0.1, 0.15) is 43.2 Å². The molecule has 9 nitrogen and oxygen atoms in total. The second-order valence-electron chi connectivity index (χ2n) is 7.35. The van der Waals surface area contributed by atoms with Crippen molar-refractivity contribution in [1.29, 1.82) is 0 Å². The highest BCUT2D eigenvalue weighted by Gasteiger charge is 2.44. The molecule has 0 radical (unpaired) electrons. The quantitative estimate of drug-likeness (QED) is 0.719. The third-order valence-corrected chi connectivity index (χ3v) is 7.20. The summed E-state index contributed by atoms with van der Waals surface area (Å²) in [7, 11) is -2.55. The zero-order valence-corrected chi connectivity index (χ0v) is 16.9. The van der Waals surface area contributed by atoms with Crippen LogP contribution in [0, 0.1) is 5.92 Å². The van der Waals surface area contributed by atoms with Crippen LogP contribution in [0.15, 0.2) is 21.6 Å². The number of amides is 1. The fourth-order valence-electron chi connectivity index (χ4n) is 3.60. The Kier molecular flexibility index (Phi) is 6.11. The number of nitrogens with zero attached hydrogens (tertiary/aromatic N) is 1. The maximum absolute atomic E-state index is 12.7. The number of methoxy groups -OCH3 is 1. The minimum Gasteiger partial charge on any atom is -0.467 e. The highest BCUT2D eigenvalue weighted by Crippen LogP contribution is 2.33. The molecule has 156 valence electrons. The molecule has 1 N–H and O–H groups in total. The minimum atomic E-state index is -3.84. The number of morpholine rings is 1. The van der Waals surface area contributed by atoms with Crippen LogP contribution in [-0.4, -0.2) is 63.6 Å². The summed E-state index contributed by atoms with van der Waals surface area (Å²) in [5, 5.41) is 2.43. The first-order valence-corrected chi connectivity index (χ1v) is 10.8. The number of furan rings is 1. The molecule has 1 amide bonds. The summed E-state index contributed by atoms with van der Waals surface area (Å²) < 4.78 is 42.0. The van der Waals surface area contributed by atoms with Gasteiger partial charge in [0.25, 0.3) is 15.9 Å². The molecule has 10 heteroatoms. The van der Waals surface area contributed by atoms with Crippen molar-refractivity contribution in [2.75, 3.05) is 33.4 Å². The summed E-state index contributed by atoms with van der Waals surface area (Å²) >= 11 is 0. The van der Waals surface area contributed by atoms with E-state index in [0.717, 1.165) is 12.8 Å². The van der Waals surface area contributed by atoms with Crippen molar-refractivity contribution < 1.29 is 31.9 Å². The minimum absolute atomic E-state index is 0.159. The van der Waals surface area contributed by atoms with Crippen LogP contribution < -0.4 is 5.32 Å². The van der Waals surface area contributed by atoms with E-state index in [2.05, 4.69) is 12.2 Å². The van der Waals surface area contributed by atoms with E-state index in [1.54, 1.807) is 0 Å². The van der Waals surface area contributed by atoms with Crippen molar-refractivity contribution in [2.24, 2.45) is 5.92 Å². The first kappa shape index (κ1) is 20.8. The topological polar surface area (TPSA) is 115 Å². The molecule has 28 heavy (non-hydrogen) atoms. The average molecular weight is 414 g/mol. The van der Waals surface area contributed by atoms with E-state index in [-0.39, 0.29) is 23.9 Å². The number of hydrogen-bond donors (Lipinski definition) is 1. The van der Waals surface area contributed by atoms with E-state index in [1.165, 1.54) is 23.5 Å². The van der Waals surface area contributed by atoms with E-state index in [9.17, 15) is 18.0 Å². The SMILES string of the molecule is COC(=O)C1(NC(=O)c2ccc(S(=O)(=O)N3CCOCC3)o2)CCC(C)CC1. The lowest BCUT2D eigenvalue weighted by molar-refractivity contribution is -0.150. The molecule has 1 saturated heterocycles. The second-order valence-corrected chi connectivity index (χ2v) is 9.21. The first-order valence-electron chi connectivity index (χ1n) is 9.37. The van der Waals surface area contributed by atoms with Gasteiger partial charge in [-0.05, 0) is 43.7 Å². The van der Waals surface area contributed by atoms with E-state index < -0.39 is 27.4 Å². The van der Waals surface area contributed by atoms with Gasteiger partial charge in [0.15, 0.2) is 5.76 Å². The summed E-state index contributed by atoms with van der Waals surface area (Å²) in [4.78, 5) is 25.0. The first-order chi connectivity index (χ1) is 13.3. The third kappa shape index (κ3) is 4.08. The smallest absolute Gasteiger partial charge is 0.331 e. The van der Waals surface area contributed by atoms with E-state index >= 15 is 0 Å². The molecule has 1 aromatic heterocycles. The molecule has 1 saturated carbocycles. The molecule has 0 spiro atoms. The van der Waals surface area contributed by atoms with Gasteiger partial charge in [-0.25, -0.2) is 13.2 Å². The van der Waals surface area contributed by atoms with Gasteiger partial charge in [0.1, 0.15) is 5.54 Å². The number of carbonyl (C=O) groups excluding carboxylic acids is 2. The summed E-state index contributed by atoms with van der Waals surface area (Å²) in [5.74, 6) is -0.832. The van der Waals surface area contributed by atoms with Crippen LogP contribution in [0.3, 0.4) is 0 Å². The molecule has 0 atom stereocenters. The normalized spacial score (nSPS) is 26.6. The van der Waals surface area contributed by atoms with Gasteiger partial charge in [-0.1, -0.05) is 6.92 Å². The van der Waals surface area contributed by atoms with Crippen LogP contribution in [-0.2, 0) is 24.3 Å². The molecule has 3 rings (SSSR count). The lowest BCUT2D eigenvalue weighted by Gasteiger charge is -2.37. The van der Waals surface area contributed by atoms with Crippen LogP contribution in [0.5, 0.6) is 0 Å². The average Bonchev–Trinajstić information content (AvgIpc) is 3.21. The standard InChI is InChI=1S/C18H26N2O7S/c1-13-5-7-18(8-6-13,17(22)25-2)19-16(21)14-3-4-15(27-14)28(23,24)20-9-11-26-12-10-20/h3-4,13H,5-12H2,1-2H3,(H,19,21). The largest absolute Gasteiger partial charge is 0.467 e. The van der Waals surface area contributed by atoms with E-state index in [1.807, 2.05) is 0 Å². The Morgan fingerprint density at radius 3 is 2.46 bits per heavy atom. The number of nitrogens with one attached hydrogen (secondary N) is 1. The Morgan fingerprint density at radius 1 is 1.21 bits per heavy atom. The number of sulfonamides is 1. The van der Waals surface area contributed by atoms with E-state index in [0.29, 0.717) is 32.0 Å². The maximum atomic E-state index is 12.7. The van der Waals surface area contributed by atoms with Crippen LogP contribution >= 0.6 is 0 Å². The Hall–Kier alpha value is -1.91. The summed E-state index contributed by atoms with van der Waals surface area (Å²) in [6, 6.07) is 2.56. The van der Waals surface area contributed by atoms with E-state index in [4.69, 9.17) is 13.9 Å². The van der Waals surface area contributed by atoms with Crippen molar-refractivity contribution in [1.82, 2.24) is 9.62 Å². The molecule has 2 fully saturated rings. The Balaban J connectivity index is 1.77. The number of carbonyl (C=O) groups is 2. The highest BCUT2D eigenvalue weighted by atomic mass is 32.2. The predicted molar refractivity (Wildman–Crippen MR) is 98.1 cm³/mol. The molecule has 1 aliphatic carbocycles. The lowest BCUT2D eigenvalue weighted by atomic mass is 9.77. The monoisotopic (exact) mass is 414 g/mol. The van der Waals surface area contributed by atoms with Gasteiger partial charge in [0, 0.05) is 13.1 Å². The van der Waals surface area contributed by atoms with Gasteiger partial charge in [0.05, 0.1) is 20.3 Å². The molecular formula is C18H26N2O7S. The van der Waals surface area contributed by atoms with Gasteiger partial charge in [-0.2, -0.15) is 4.31 Å². The third-order valence-electron chi connectivity index (χ3n) is 5.43. The maximum Gasteiger partial charge on any atom is 0.331 e. The summed E-state index contributed by atoms with van der Waals surface area (Å²) in [6.07, 6.45) is 2.49. The number of esters is 1. The Bertz CT molecular complexity index is 819. The molecule has 0 bridgehead atoms. The highest BCUT2D eigenvalue weighted by molar-refractivity contribution is 7.89. The summed E-state index contributed by atoms with van der Waals surface area (Å²) in [5.41, 5.74) is -1.12. The molecule has 1 aromatic rings. The predicted octanol–water partition coefficient (Wildman–Crippen LogP) is 1.15. The molecule has 0 unspecified atom stereocenters. The van der Waals surface area contributed by atoms with Crippen molar-refractivity contribution in [3.63, 3.8) is 0 Å². The van der Waals surface area contributed by atoms with Crippen LogP contribution in [0.2, 0.25) is 0 Å². The number of rotatable bonds is 5. The Labute approximate surface area is 164 Å². The number of hydrogen-bond acceptors (Lipinski definition) is 7. The molecule has 2 aliphatic rings. The molecular weight excluding hydrogens is 388 g/mol. The van der Waals surface area contributed by atoms with Crippen molar-refractivity contribution >= 4 is 21.9 Å². The number of ether oxygens (including phenoxy) is 2. The molecule has 2 heterocycles. The van der Waals surface area contributed by atoms with Crippen LogP contribution in [0.25, 0.3) is 0 Å². The fourth-order valence-corrected chi connectivity index (χ4v) is 4.92. The van der Waals surface area contributed by atoms with Crippen molar-refractivity contribution in [2.45, 2.75) is 43.2 Å². The van der Waals surface area contributed by atoms with Crippen molar-refractivity contribution in [3.8, 4) is 0 Å². The van der Waals surface area contributed by atoms with Gasteiger partial charge in [0.2, 0.25) is 5.09 Å². The zero-order valence-electron chi connectivity index (χ0n) is 16.1. The van der Waals surface area contributed by atoms with Crippen LogP contribution in [0.4, 0.5) is 0 Å². The summed E-state index contributed by atoms with van der Waals surface area (Å²) in [6.45, 7) is 3.18. The van der Waals surface area contributed by atoms with Gasteiger partial charge < -0.3 is 19.2 Å². The second kappa shape index (κ2) is 8.22. The molecule has 1 aliphatic heterocycles.